The summed E-state index contributed by atoms with van der Waals surface area (Å²) in [6, 6.07) is 53.2. The number of aryl methyl sites for hydroxylation is 1. The molecule has 0 aliphatic heterocycles. The zero-order valence-electron chi connectivity index (χ0n) is 25.9. The first-order valence-electron chi connectivity index (χ1n) is 16.1. The summed E-state index contributed by atoms with van der Waals surface area (Å²) in [7, 11) is 0. The molecule has 3 heterocycles. The van der Waals surface area contributed by atoms with Crippen LogP contribution in [0.25, 0.3) is 82.9 Å². The van der Waals surface area contributed by atoms with Crippen LogP contribution in [0.3, 0.4) is 0 Å². The summed E-state index contributed by atoms with van der Waals surface area (Å²) in [4.78, 5) is 15.7. The third kappa shape index (κ3) is 4.49. The second-order valence-electron chi connectivity index (χ2n) is 11.9. The van der Waals surface area contributed by atoms with Crippen molar-refractivity contribution in [3.05, 3.63) is 157 Å². The Kier molecular flexibility index (Phi) is 6.39. The number of nitrogens with zero attached hydrogens (tertiary/aromatic N) is 4. The van der Waals surface area contributed by atoms with Gasteiger partial charge in [0.25, 0.3) is 0 Å². The average Bonchev–Trinajstić information content (AvgIpc) is 3.54. The molecular weight excluding hydrogens is 573 g/mol. The van der Waals surface area contributed by atoms with E-state index in [2.05, 4.69) is 163 Å². The summed E-state index contributed by atoms with van der Waals surface area (Å²) in [5.41, 5.74) is 10.2. The van der Waals surface area contributed by atoms with Crippen molar-refractivity contribution in [1.29, 1.82) is 0 Å². The number of imidazole rings is 1. The van der Waals surface area contributed by atoms with E-state index in [1.807, 2.05) is 0 Å². The first-order valence-corrected chi connectivity index (χ1v) is 16.1. The van der Waals surface area contributed by atoms with Crippen LogP contribution < -0.4 is 0 Å². The Hall–Kier alpha value is -6.13. The summed E-state index contributed by atoms with van der Waals surface area (Å²) in [6.45, 7) is 2.17. The van der Waals surface area contributed by atoms with Crippen LogP contribution in [0.4, 0.5) is 0 Å². The lowest BCUT2D eigenvalue weighted by molar-refractivity contribution is 0.908. The molecule has 47 heavy (non-hydrogen) atoms. The molecule has 0 unspecified atom stereocenters. The van der Waals surface area contributed by atoms with Gasteiger partial charge >= 0.3 is 0 Å². The molecule has 6 aromatic carbocycles. The van der Waals surface area contributed by atoms with Gasteiger partial charge in [0, 0.05) is 39.6 Å². The molecule has 9 aromatic rings. The molecule has 0 atom stereocenters. The van der Waals surface area contributed by atoms with E-state index >= 15 is 0 Å². The topological polar surface area (TPSA) is 43.6 Å². The SMILES string of the molecule is CCc1nc2c3c(-c4ccc(-c5cccc(-c6cccc7ccccc67)n5)cc4)nc4ccccc4c3ccc2n1-c1ccccc1. The van der Waals surface area contributed by atoms with Gasteiger partial charge in [-0.1, -0.05) is 122 Å². The van der Waals surface area contributed by atoms with Crippen LogP contribution in [-0.2, 0) is 6.42 Å². The highest BCUT2D eigenvalue weighted by atomic mass is 15.1. The van der Waals surface area contributed by atoms with Crippen molar-refractivity contribution in [2.75, 3.05) is 0 Å². The predicted molar refractivity (Wildman–Crippen MR) is 195 cm³/mol. The Morgan fingerprint density at radius 3 is 2.06 bits per heavy atom. The van der Waals surface area contributed by atoms with Crippen LogP contribution in [0.1, 0.15) is 12.7 Å². The number of pyridine rings is 2. The van der Waals surface area contributed by atoms with Gasteiger partial charge in [0.2, 0.25) is 0 Å². The van der Waals surface area contributed by atoms with Crippen molar-refractivity contribution in [2.24, 2.45) is 0 Å². The molecule has 0 N–H and O–H groups in total. The second kappa shape index (κ2) is 11.0. The van der Waals surface area contributed by atoms with Crippen molar-refractivity contribution in [3.63, 3.8) is 0 Å². The van der Waals surface area contributed by atoms with Crippen molar-refractivity contribution in [2.45, 2.75) is 13.3 Å². The molecule has 0 aliphatic carbocycles. The van der Waals surface area contributed by atoms with Gasteiger partial charge in [0.05, 0.1) is 33.6 Å². The van der Waals surface area contributed by atoms with Gasteiger partial charge in [-0.15, -0.1) is 0 Å². The maximum absolute atomic E-state index is 5.28. The molecule has 0 saturated carbocycles. The van der Waals surface area contributed by atoms with Crippen molar-refractivity contribution >= 4 is 43.5 Å². The highest BCUT2D eigenvalue weighted by Gasteiger charge is 2.19. The normalized spacial score (nSPS) is 11.6. The Bertz CT molecular complexity index is 2590. The third-order valence-electron chi connectivity index (χ3n) is 9.16. The van der Waals surface area contributed by atoms with Gasteiger partial charge in [0.15, 0.2) is 0 Å². The molecule has 4 heteroatoms. The van der Waals surface area contributed by atoms with E-state index in [0.29, 0.717) is 0 Å². The molecule has 0 spiro atoms. The van der Waals surface area contributed by atoms with Gasteiger partial charge in [-0.25, -0.2) is 15.0 Å². The average molecular weight is 603 g/mol. The molecule has 3 aromatic heterocycles. The Morgan fingerprint density at radius 1 is 0.511 bits per heavy atom. The van der Waals surface area contributed by atoms with E-state index in [9.17, 15) is 0 Å². The van der Waals surface area contributed by atoms with Gasteiger partial charge < -0.3 is 0 Å². The summed E-state index contributed by atoms with van der Waals surface area (Å²) in [5.74, 6) is 1.03. The lowest BCUT2D eigenvalue weighted by atomic mass is 9.97. The summed E-state index contributed by atoms with van der Waals surface area (Å²) < 4.78 is 2.28. The van der Waals surface area contributed by atoms with Crippen LogP contribution >= 0.6 is 0 Å². The van der Waals surface area contributed by atoms with Crippen LogP contribution in [0, 0.1) is 0 Å². The molecule has 0 bridgehead atoms. The fraction of sp³-hybridized carbons (Fsp3) is 0.0465. The minimum Gasteiger partial charge on any atom is -0.296 e. The van der Waals surface area contributed by atoms with Crippen LogP contribution in [0.2, 0.25) is 0 Å². The van der Waals surface area contributed by atoms with E-state index in [-0.39, 0.29) is 0 Å². The number of benzene rings is 6. The molecule has 0 saturated heterocycles. The maximum Gasteiger partial charge on any atom is 0.114 e. The maximum atomic E-state index is 5.28. The number of hydrogen-bond donors (Lipinski definition) is 0. The number of rotatable bonds is 5. The molecule has 0 radical (unpaired) electrons. The molecule has 222 valence electrons. The summed E-state index contributed by atoms with van der Waals surface area (Å²) >= 11 is 0. The first kappa shape index (κ1) is 27.2. The molecular formula is C43H30N4. The van der Waals surface area contributed by atoms with Crippen LogP contribution in [0.15, 0.2) is 152 Å². The molecule has 0 fully saturated rings. The monoisotopic (exact) mass is 602 g/mol. The van der Waals surface area contributed by atoms with E-state index in [4.69, 9.17) is 15.0 Å². The summed E-state index contributed by atoms with van der Waals surface area (Å²) in [6.07, 6.45) is 0.820. The summed E-state index contributed by atoms with van der Waals surface area (Å²) in [5, 5.41) is 5.79. The van der Waals surface area contributed by atoms with Crippen LogP contribution in [0.5, 0.6) is 0 Å². The van der Waals surface area contributed by atoms with Gasteiger partial charge in [-0.2, -0.15) is 0 Å². The largest absolute Gasteiger partial charge is 0.296 e. The number of fused-ring (bicyclic) bond motifs is 6. The third-order valence-corrected chi connectivity index (χ3v) is 9.16. The lowest BCUT2D eigenvalue weighted by Gasteiger charge is -2.13. The van der Waals surface area contributed by atoms with E-state index in [0.717, 1.165) is 84.4 Å². The first-order chi connectivity index (χ1) is 23.3. The van der Waals surface area contributed by atoms with Gasteiger partial charge in [0.1, 0.15) is 5.82 Å². The predicted octanol–water partition coefficient (Wildman–Crippen LogP) is 10.8. The highest BCUT2D eigenvalue weighted by molar-refractivity contribution is 6.20. The number of aromatic nitrogens is 4. The quantitative estimate of drug-likeness (QED) is 0.184. The molecule has 4 nitrogen and oxygen atoms in total. The zero-order chi connectivity index (χ0) is 31.3. The van der Waals surface area contributed by atoms with Gasteiger partial charge in [-0.3, -0.25) is 4.57 Å². The molecule has 0 amide bonds. The van der Waals surface area contributed by atoms with Crippen molar-refractivity contribution in [3.8, 4) is 39.5 Å². The molecule has 0 aliphatic rings. The minimum atomic E-state index is 0.820. The number of para-hydroxylation sites is 2. The van der Waals surface area contributed by atoms with Gasteiger partial charge in [-0.05, 0) is 52.6 Å². The Labute approximate surface area is 272 Å². The zero-order valence-corrected chi connectivity index (χ0v) is 25.9. The molecule has 9 rings (SSSR count). The van der Waals surface area contributed by atoms with E-state index in [1.165, 1.54) is 10.8 Å². The Morgan fingerprint density at radius 2 is 1.21 bits per heavy atom. The second-order valence-corrected chi connectivity index (χ2v) is 11.9. The fourth-order valence-corrected chi connectivity index (χ4v) is 6.94. The standard InChI is InChI=1S/C43H30N4/c1-2-40-46-43-39(47(40)31-14-4-3-5-15-31)27-26-35-34-17-8-9-19-38(34)45-42(41(35)43)30-24-22-29(23-25-30)36-20-11-21-37(44-36)33-18-10-13-28-12-6-7-16-32(28)33/h3-27H,2H2,1H3. The van der Waals surface area contributed by atoms with Crippen LogP contribution in [-0.4, -0.2) is 19.5 Å². The van der Waals surface area contributed by atoms with E-state index < -0.39 is 0 Å². The van der Waals surface area contributed by atoms with Crippen molar-refractivity contribution in [1.82, 2.24) is 19.5 Å². The Balaban J connectivity index is 1.21. The van der Waals surface area contributed by atoms with Crippen molar-refractivity contribution < 1.29 is 0 Å². The highest BCUT2D eigenvalue weighted by Crippen LogP contribution is 2.39. The number of hydrogen-bond acceptors (Lipinski definition) is 3. The minimum absolute atomic E-state index is 0.820. The smallest absolute Gasteiger partial charge is 0.114 e. The van der Waals surface area contributed by atoms with E-state index in [1.54, 1.807) is 0 Å². The lowest BCUT2D eigenvalue weighted by Crippen LogP contribution is -1.99. The fourth-order valence-electron chi connectivity index (χ4n) is 6.94.